The molecule has 1 saturated carbocycles. The molecule has 118 valence electrons. The highest BCUT2D eigenvalue weighted by Gasteiger charge is 2.38. The Labute approximate surface area is 128 Å². The third-order valence-electron chi connectivity index (χ3n) is 3.83. The summed E-state index contributed by atoms with van der Waals surface area (Å²) < 4.78 is 27.5. The monoisotopic (exact) mass is 310 g/mol. The molecule has 4 nitrogen and oxygen atoms in total. The van der Waals surface area contributed by atoms with Crippen molar-refractivity contribution in [1.29, 1.82) is 0 Å². The molecule has 0 heterocycles. The van der Waals surface area contributed by atoms with E-state index in [0.29, 0.717) is 17.4 Å². The zero-order valence-electron chi connectivity index (χ0n) is 13.1. The summed E-state index contributed by atoms with van der Waals surface area (Å²) in [5.74, 6) is 0.321. The molecule has 0 aliphatic heterocycles. The summed E-state index contributed by atoms with van der Waals surface area (Å²) >= 11 is 0. The minimum Gasteiger partial charge on any atom is -0.324 e. The highest BCUT2D eigenvalue weighted by atomic mass is 32.2. The average molecular weight is 310 g/mol. The van der Waals surface area contributed by atoms with Crippen LogP contribution in [0.4, 0.5) is 0 Å². The van der Waals surface area contributed by atoms with Crippen molar-refractivity contribution < 1.29 is 8.42 Å². The Balaban J connectivity index is 2.33. The van der Waals surface area contributed by atoms with Crippen LogP contribution in [0.15, 0.2) is 29.2 Å². The lowest BCUT2D eigenvalue weighted by molar-refractivity contribution is 0.360. The normalized spacial score (nSPS) is 17.4. The van der Waals surface area contributed by atoms with Gasteiger partial charge < -0.3 is 5.73 Å². The van der Waals surface area contributed by atoms with Gasteiger partial charge in [-0.1, -0.05) is 32.9 Å². The molecule has 1 aromatic rings. The molecule has 1 aromatic carbocycles. The molecule has 21 heavy (non-hydrogen) atoms. The second-order valence-electron chi connectivity index (χ2n) is 6.29. The summed E-state index contributed by atoms with van der Waals surface area (Å²) in [5.41, 5.74) is 6.91. The molecule has 0 spiro atoms. The second-order valence-corrected chi connectivity index (χ2v) is 8.18. The first-order valence-electron chi connectivity index (χ1n) is 7.73. The maximum Gasteiger partial charge on any atom is 0.243 e. The molecule has 2 N–H and O–H groups in total. The van der Waals surface area contributed by atoms with Crippen molar-refractivity contribution >= 4 is 10.0 Å². The van der Waals surface area contributed by atoms with Gasteiger partial charge in [-0.05, 0) is 42.9 Å². The second kappa shape index (κ2) is 6.46. The van der Waals surface area contributed by atoms with E-state index in [1.807, 2.05) is 26.8 Å². The summed E-state index contributed by atoms with van der Waals surface area (Å²) in [7, 11) is -3.42. The molecule has 1 aliphatic carbocycles. The Bertz CT molecular complexity index is 580. The quantitative estimate of drug-likeness (QED) is 0.842. The van der Waals surface area contributed by atoms with Crippen molar-refractivity contribution in [3.05, 3.63) is 29.8 Å². The number of benzene rings is 1. The SMILES string of the molecule is CCC(N)c1cccc(S(=O)(=O)N(CC(C)C)C2CC2)c1. The molecule has 0 saturated heterocycles. The molecule has 1 fully saturated rings. The van der Waals surface area contributed by atoms with Crippen LogP contribution in [-0.2, 0) is 10.0 Å². The zero-order valence-corrected chi connectivity index (χ0v) is 13.9. The molecule has 5 heteroatoms. The predicted octanol–water partition coefficient (Wildman–Crippen LogP) is 2.91. The van der Waals surface area contributed by atoms with E-state index in [2.05, 4.69) is 0 Å². The lowest BCUT2D eigenvalue weighted by Crippen LogP contribution is -2.36. The van der Waals surface area contributed by atoms with Crippen molar-refractivity contribution in [3.63, 3.8) is 0 Å². The van der Waals surface area contributed by atoms with E-state index in [4.69, 9.17) is 5.73 Å². The van der Waals surface area contributed by atoms with Crippen LogP contribution in [0.3, 0.4) is 0 Å². The van der Waals surface area contributed by atoms with E-state index in [-0.39, 0.29) is 12.1 Å². The van der Waals surface area contributed by atoms with Gasteiger partial charge in [-0.15, -0.1) is 0 Å². The smallest absolute Gasteiger partial charge is 0.243 e. The lowest BCUT2D eigenvalue weighted by Gasteiger charge is -2.24. The minimum absolute atomic E-state index is 0.111. The van der Waals surface area contributed by atoms with Crippen LogP contribution in [0.2, 0.25) is 0 Å². The van der Waals surface area contributed by atoms with Crippen LogP contribution in [-0.4, -0.2) is 25.3 Å². The maximum atomic E-state index is 12.9. The molecule has 2 rings (SSSR count). The molecule has 0 radical (unpaired) electrons. The molecular formula is C16H26N2O2S. The first-order valence-corrected chi connectivity index (χ1v) is 9.17. The van der Waals surface area contributed by atoms with Gasteiger partial charge in [-0.2, -0.15) is 4.31 Å². The van der Waals surface area contributed by atoms with E-state index in [9.17, 15) is 8.42 Å². The number of hydrogen-bond donors (Lipinski definition) is 1. The molecule has 1 unspecified atom stereocenters. The van der Waals surface area contributed by atoms with Crippen LogP contribution in [0.1, 0.15) is 51.6 Å². The highest BCUT2D eigenvalue weighted by Crippen LogP contribution is 2.33. The topological polar surface area (TPSA) is 63.4 Å². The number of nitrogens with zero attached hydrogens (tertiary/aromatic N) is 1. The van der Waals surface area contributed by atoms with Gasteiger partial charge in [0, 0.05) is 18.6 Å². The van der Waals surface area contributed by atoms with Gasteiger partial charge in [-0.25, -0.2) is 8.42 Å². The van der Waals surface area contributed by atoms with Crippen LogP contribution in [0, 0.1) is 5.92 Å². The van der Waals surface area contributed by atoms with Crippen molar-refractivity contribution in [2.24, 2.45) is 11.7 Å². The van der Waals surface area contributed by atoms with Gasteiger partial charge in [-0.3, -0.25) is 0 Å². The number of rotatable bonds is 7. The standard InChI is InChI=1S/C16H26N2O2S/c1-4-16(17)13-6-5-7-15(10-13)21(19,20)18(11-12(2)3)14-8-9-14/h5-7,10,12,14,16H,4,8-9,11,17H2,1-3H3. The van der Waals surface area contributed by atoms with Gasteiger partial charge in [0.15, 0.2) is 0 Å². The third kappa shape index (κ3) is 3.84. The molecule has 1 atom stereocenters. The number of hydrogen-bond acceptors (Lipinski definition) is 3. The van der Waals surface area contributed by atoms with Crippen LogP contribution in [0.5, 0.6) is 0 Å². The van der Waals surface area contributed by atoms with Crippen molar-refractivity contribution in [2.75, 3.05) is 6.54 Å². The number of nitrogens with two attached hydrogens (primary N) is 1. The van der Waals surface area contributed by atoms with Gasteiger partial charge in [0.25, 0.3) is 0 Å². The van der Waals surface area contributed by atoms with Crippen LogP contribution >= 0.6 is 0 Å². The van der Waals surface area contributed by atoms with E-state index in [0.717, 1.165) is 24.8 Å². The average Bonchev–Trinajstić information content (AvgIpc) is 3.28. The maximum absolute atomic E-state index is 12.9. The van der Waals surface area contributed by atoms with Crippen molar-refractivity contribution in [3.8, 4) is 0 Å². The summed E-state index contributed by atoms with van der Waals surface area (Å²) in [6.45, 7) is 6.68. The van der Waals surface area contributed by atoms with Crippen molar-refractivity contribution in [2.45, 2.75) is 57.0 Å². The summed E-state index contributed by atoms with van der Waals surface area (Å²) in [6.07, 6.45) is 2.74. The van der Waals surface area contributed by atoms with E-state index in [1.54, 1.807) is 22.5 Å². The first-order chi connectivity index (χ1) is 9.86. The highest BCUT2D eigenvalue weighted by molar-refractivity contribution is 7.89. The fraction of sp³-hybridized carbons (Fsp3) is 0.625. The fourth-order valence-electron chi connectivity index (χ4n) is 2.44. The zero-order chi connectivity index (χ0) is 15.6. The Morgan fingerprint density at radius 2 is 2.00 bits per heavy atom. The Hall–Kier alpha value is -0.910. The Morgan fingerprint density at radius 3 is 2.52 bits per heavy atom. The summed E-state index contributed by atoms with van der Waals surface area (Å²) in [4.78, 5) is 0.372. The van der Waals surface area contributed by atoms with Crippen molar-refractivity contribution in [1.82, 2.24) is 4.31 Å². The first kappa shape index (κ1) is 16.5. The van der Waals surface area contributed by atoms with E-state index >= 15 is 0 Å². The number of sulfonamides is 1. The molecule has 0 aromatic heterocycles. The Morgan fingerprint density at radius 1 is 1.33 bits per heavy atom. The van der Waals surface area contributed by atoms with Gasteiger partial charge >= 0.3 is 0 Å². The molecule has 0 bridgehead atoms. The fourth-order valence-corrected chi connectivity index (χ4v) is 4.35. The Kier molecular flexibility index (Phi) is 5.07. The van der Waals surface area contributed by atoms with Gasteiger partial charge in [0.1, 0.15) is 0 Å². The van der Waals surface area contributed by atoms with E-state index < -0.39 is 10.0 Å². The van der Waals surface area contributed by atoms with Crippen LogP contribution in [0.25, 0.3) is 0 Å². The van der Waals surface area contributed by atoms with E-state index in [1.165, 1.54) is 0 Å². The molecule has 0 amide bonds. The van der Waals surface area contributed by atoms with Crippen LogP contribution < -0.4 is 5.73 Å². The van der Waals surface area contributed by atoms with Gasteiger partial charge in [0.05, 0.1) is 4.90 Å². The molecule has 1 aliphatic rings. The minimum atomic E-state index is -3.42. The predicted molar refractivity (Wildman–Crippen MR) is 85.4 cm³/mol. The van der Waals surface area contributed by atoms with Gasteiger partial charge in [0.2, 0.25) is 10.0 Å². The lowest BCUT2D eigenvalue weighted by atomic mass is 10.1. The summed E-state index contributed by atoms with van der Waals surface area (Å²) in [5, 5.41) is 0. The molecular weight excluding hydrogens is 284 g/mol. The third-order valence-corrected chi connectivity index (χ3v) is 5.75. The summed E-state index contributed by atoms with van der Waals surface area (Å²) in [6, 6.07) is 7.17. The largest absolute Gasteiger partial charge is 0.324 e.